The molecule has 0 fully saturated rings. The molecule has 2 nitrogen and oxygen atoms in total. The molecule has 9 heavy (non-hydrogen) atoms. The van der Waals surface area contributed by atoms with Gasteiger partial charge in [-0.15, -0.1) is 0 Å². The molecule has 0 aliphatic rings. The van der Waals surface area contributed by atoms with Crippen LogP contribution in [0.15, 0.2) is 12.7 Å². The Bertz CT molecular complexity index is 109. The van der Waals surface area contributed by atoms with E-state index in [-0.39, 0.29) is 11.7 Å². The van der Waals surface area contributed by atoms with Crippen LogP contribution in [0.2, 0.25) is 0 Å². The van der Waals surface area contributed by atoms with Gasteiger partial charge in [-0.25, -0.2) is 0 Å². The molecule has 2 heteroatoms. The Hall–Kier alpha value is -0.630. The zero-order valence-electron chi connectivity index (χ0n) is 5.76. The Kier molecular flexibility index (Phi) is 3.97. The molecule has 0 radical (unpaired) electrons. The lowest BCUT2D eigenvalue weighted by atomic mass is 10.1. The SMILES string of the molecule is C=CC(=O)CC(C)CN. The fourth-order valence-corrected chi connectivity index (χ4v) is 0.510. The minimum Gasteiger partial charge on any atom is -0.330 e. The van der Waals surface area contributed by atoms with E-state index in [2.05, 4.69) is 6.58 Å². The number of hydrogen-bond acceptors (Lipinski definition) is 2. The number of rotatable bonds is 4. The minimum absolute atomic E-state index is 0.0768. The van der Waals surface area contributed by atoms with Gasteiger partial charge in [-0.1, -0.05) is 13.5 Å². The lowest BCUT2D eigenvalue weighted by Gasteiger charge is -2.02. The summed E-state index contributed by atoms with van der Waals surface area (Å²) in [5.41, 5.74) is 5.29. The van der Waals surface area contributed by atoms with Gasteiger partial charge in [0, 0.05) is 6.42 Å². The lowest BCUT2D eigenvalue weighted by Crippen LogP contribution is -2.13. The van der Waals surface area contributed by atoms with Crippen LogP contribution in [-0.2, 0) is 4.79 Å². The van der Waals surface area contributed by atoms with Gasteiger partial charge < -0.3 is 5.73 Å². The fraction of sp³-hybridized carbons (Fsp3) is 0.571. The highest BCUT2D eigenvalue weighted by atomic mass is 16.1. The van der Waals surface area contributed by atoms with Crippen molar-refractivity contribution in [2.24, 2.45) is 11.7 Å². The van der Waals surface area contributed by atoms with Gasteiger partial charge in [0.05, 0.1) is 0 Å². The Morgan fingerprint density at radius 2 is 2.44 bits per heavy atom. The fourth-order valence-electron chi connectivity index (χ4n) is 0.510. The molecule has 0 aliphatic heterocycles. The summed E-state index contributed by atoms with van der Waals surface area (Å²) >= 11 is 0. The second kappa shape index (κ2) is 4.27. The van der Waals surface area contributed by atoms with Crippen molar-refractivity contribution in [2.75, 3.05) is 6.54 Å². The molecule has 0 saturated heterocycles. The Morgan fingerprint density at radius 1 is 1.89 bits per heavy atom. The lowest BCUT2D eigenvalue weighted by molar-refractivity contribution is -0.115. The predicted molar refractivity (Wildman–Crippen MR) is 38.0 cm³/mol. The summed E-state index contributed by atoms with van der Waals surface area (Å²) in [5, 5.41) is 0. The van der Waals surface area contributed by atoms with Crippen LogP contribution in [-0.4, -0.2) is 12.3 Å². The van der Waals surface area contributed by atoms with E-state index < -0.39 is 0 Å². The number of allylic oxidation sites excluding steroid dienone is 1. The normalized spacial score (nSPS) is 12.7. The number of hydrogen-bond donors (Lipinski definition) is 1. The average molecular weight is 127 g/mol. The van der Waals surface area contributed by atoms with Crippen molar-refractivity contribution in [3.8, 4) is 0 Å². The molecule has 1 unspecified atom stereocenters. The first-order valence-electron chi connectivity index (χ1n) is 3.06. The summed E-state index contributed by atoms with van der Waals surface area (Å²) in [6.07, 6.45) is 1.87. The van der Waals surface area contributed by atoms with Crippen LogP contribution >= 0.6 is 0 Å². The summed E-state index contributed by atoms with van der Waals surface area (Å²) < 4.78 is 0. The molecule has 0 amide bonds. The second-order valence-corrected chi connectivity index (χ2v) is 2.22. The maximum Gasteiger partial charge on any atom is 0.155 e. The third-order valence-electron chi connectivity index (χ3n) is 1.18. The molecule has 0 aromatic rings. The maximum absolute atomic E-state index is 10.6. The zero-order chi connectivity index (χ0) is 7.28. The molecule has 2 N–H and O–H groups in total. The standard InChI is InChI=1S/C7H13NO/c1-3-7(9)4-6(2)5-8/h3,6H,1,4-5,8H2,2H3. The first-order chi connectivity index (χ1) is 4.20. The van der Waals surface area contributed by atoms with E-state index in [9.17, 15) is 4.79 Å². The van der Waals surface area contributed by atoms with Gasteiger partial charge in [0.25, 0.3) is 0 Å². The molecule has 0 aromatic carbocycles. The summed E-state index contributed by atoms with van der Waals surface area (Å²) in [6, 6.07) is 0. The minimum atomic E-state index is 0.0768. The molecular weight excluding hydrogens is 114 g/mol. The topological polar surface area (TPSA) is 43.1 Å². The maximum atomic E-state index is 10.6. The third kappa shape index (κ3) is 3.91. The quantitative estimate of drug-likeness (QED) is 0.565. The average Bonchev–Trinajstić information content (AvgIpc) is 1.87. The van der Waals surface area contributed by atoms with Gasteiger partial charge in [0.15, 0.2) is 5.78 Å². The van der Waals surface area contributed by atoms with Crippen molar-refractivity contribution < 1.29 is 4.79 Å². The third-order valence-corrected chi connectivity index (χ3v) is 1.18. The van der Waals surface area contributed by atoms with E-state index >= 15 is 0 Å². The number of ketones is 1. The first-order valence-corrected chi connectivity index (χ1v) is 3.06. The largest absolute Gasteiger partial charge is 0.330 e. The molecule has 0 saturated carbocycles. The van der Waals surface area contributed by atoms with E-state index in [0.717, 1.165) is 0 Å². The Morgan fingerprint density at radius 3 is 2.78 bits per heavy atom. The van der Waals surface area contributed by atoms with E-state index in [0.29, 0.717) is 13.0 Å². The summed E-state index contributed by atoms with van der Waals surface area (Å²) in [5.74, 6) is 0.364. The van der Waals surface area contributed by atoms with Crippen LogP contribution in [0.5, 0.6) is 0 Å². The van der Waals surface area contributed by atoms with Gasteiger partial charge in [0.2, 0.25) is 0 Å². The van der Waals surface area contributed by atoms with E-state index in [1.807, 2.05) is 6.92 Å². The van der Waals surface area contributed by atoms with Crippen molar-refractivity contribution >= 4 is 5.78 Å². The summed E-state index contributed by atoms with van der Waals surface area (Å²) in [7, 11) is 0. The summed E-state index contributed by atoms with van der Waals surface area (Å²) in [4.78, 5) is 10.6. The van der Waals surface area contributed by atoms with Crippen LogP contribution < -0.4 is 5.73 Å². The Labute approximate surface area is 55.7 Å². The molecule has 0 bridgehead atoms. The van der Waals surface area contributed by atoms with Crippen molar-refractivity contribution in [1.82, 2.24) is 0 Å². The van der Waals surface area contributed by atoms with E-state index in [1.165, 1.54) is 6.08 Å². The van der Waals surface area contributed by atoms with Crippen molar-refractivity contribution in [1.29, 1.82) is 0 Å². The number of carbonyl (C=O) groups excluding carboxylic acids is 1. The van der Waals surface area contributed by atoms with Crippen molar-refractivity contribution in [3.05, 3.63) is 12.7 Å². The molecule has 0 rings (SSSR count). The smallest absolute Gasteiger partial charge is 0.155 e. The highest BCUT2D eigenvalue weighted by molar-refractivity contribution is 5.89. The molecule has 52 valence electrons. The number of nitrogens with two attached hydrogens (primary N) is 1. The van der Waals surface area contributed by atoms with E-state index in [1.54, 1.807) is 0 Å². The molecular formula is C7H13NO. The van der Waals surface area contributed by atoms with Crippen LogP contribution in [0.3, 0.4) is 0 Å². The zero-order valence-corrected chi connectivity index (χ0v) is 5.76. The molecule has 0 heterocycles. The molecule has 0 spiro atoms. The Balaban J connectivity index is 3.46. The van der Waals surface area contributed by atoms with Gasteiger partial charge >= 0.3 is 0 Å². The molecule has 1 atom stereocenters. The van der Waals surface area contributed by atoms with Crippen LogP contribution in [0, 0.1) is 5.92 Å². The molecule has 0 aliphatic carbocycles. The summed E-state index contributed by atoms with van der Waals surface area (Å²) in [6.45, 7) is 5.87. The highest BCUT2D eigenvalue weighted by Crippen LogP contribution is 1.99. The monoisotopic (exact) mass is 127 g/mol. The van der Waals surface area contributed by atoms with Crippen LogP contribution in [0.4, 0.5) is 0 Å². The van der Waals surface area contributed by atoms with Crippen molar-refractivity contribution in [3.63, 3.8) is 0 Å². The van der Waals surface area contributed by atoms with Gasteiger partial charge in [0.1, 0.15) is 0 Å². The first kappa shape index (κ1) is 8.37. The van der Waals surface area contributed by atoms with Crippen LogP contribution in [0.25, 0.3) is 0 Å². The van der Waals surface area contributed by atoms with Gasteiger partial charge in [-0.3, -0.25) is 4.79 Å². The van der Waals surface area contributed by atoms with Gasteiger partial charge in [-0.2, -0.15) is 0 Å². The second-order valence-electron chi connectivity index (χ2n) is 2.22. The van der Waals surface area contributed by atoms with Crippen molar-refractivity contribution in [2.45, 2.75) is 13.3 Å². The van der Waals surface area contributed by atoms with Crippen LogP contribution in [0.1, 0.15) is 13.3 Å². The number of carbonyl (C=O) groups is 1. The molecule has 0 aromatic heterocycles. The van der Waals surface area contributed by atoms with E-state index in [4.69, 9.17) is 5.73 Å². The predicted octanol–water partition coefficient (Wildman–Crippen LogP) is 0.726. The van der Waals surface area contributed by atoms with Gasteiger partial charge in [-0.05, 0) is 18.5 Å². The highest BCUT2D eigenvalue weighted by Gasteiger charge is 2.02.